The highest BCUT2D eigenvalue weighted by atomic mass is 16.5. The number of benzene rings is 1. The summed E-state index contributed by atoms with van der Waals surface area (Å²) in [6.07, 6.45) is 0.949. The Bertz CT molecular complexity index is 448. The molecule has 5 nitrogen and oxygen atoms in total. The highest BCUT2D eigenvalue weighted by molar-refractivity contribution is 5.74. The molecule has 5 heteroatoms. The van der Waals surface area contributed by atoms with Crippen molar-refractivity contribution in [1.82, 2.24) is 5.32 Å². The number of methoxy groups -OCH3 is 1. The van der Waals surface area contributed by atoms with Crippen molar-refractivity contribution in [3.63, 3.8) is 0 Å². The lowest BCUT2D eigenvalue weighted by atomic mass is 10.2. The molecular formula is C13H19N3O2. The van der Waals surface area contributed by atoms with Gasteiger partial charge in [0.2, 0.25) is 5.91 Å². The summed E-state index contributed by atoms with van der Waals surface area (Å²) in [5.41, 5.74) is 7.72. The van der Waals surface area contributed by atoms with Crippen molar-refractivity contribution < 1.29 is 9.53 Å². The second kappa shape index (κ2) is 5.16. The summed E-state index contributed by atoms with van der Waals surface area (Å²) in [5.74, 6) is 0.776. The number of anilines is 2. The van der Waals surface area contributed by atoms with Crippen LogP contribution in [0.15, 0.2) is 18.2 Å². The number of nitrogens with zero attached hydrogens (tertiary/aromatic N) is 1. The average molecular weight is 249 g/mol. The van der Waals surface area contributed by atoms with Gasteiger partial charge in [-0.3, -0.25) is 4.79 Å². The van der Waals surface area contributed by atoms with E-state index in [1.165, 1.54) is 0 Å². The second-order valence-electron chi connectivity index (χ2n) is 4.56. The van der Waals surface area contributed by atoms with Gasteiger partial charge in [-0.25, -0.2) is 0 Å². The van der Waals surface area contributed by atoms with Gasteiger partial charge in [-0.15, -0.1) is 0 Å². The summed E-state index contributed by atoms with van der Waals surface area (Å²) in [6.45, 7) is 3.25. The largest absolute Gasteiger partial charge is 0.497 e. The number of nitrogen functional groups attached to an aromatic ring is 1. The number of nitrogens with two attached hydrogens (primary N) is 1. The molecule has 0 saturated carbocycles. The third-order valence-electron chi connectivity index (χ3n) is 3.17. The fraction of sp³-hybridized carbons (Fsp3) is 0.462. The lowest BCUT2D eigenvalue weighted by Gasteiger charge is -2.21. The Hall–Kier alpha value is -1.91. The predicted molar refractivity (Wildman–Crippen MR) is 71.8 cm³/mol. The van der Waals surface area contributed by atoms with E-state index in [4.69, 9.17) is 10.5 Å². The zero-order valence-corrected chi connectivity index (χ0v) is 10.8. The molecule has 98 valence electrons. The number of hydrogen-bond donors (Lipinski definition) is 2. The van der Waals surface area contributed by atoms with Gasteiger partial charge in [0.1, 0.15) is 5.75 Å². The van der Waals surface area contributed by atoms with Crippen LogP contribution >= 0.6 is 0 Å². The average Bonchev–Trinajstić information content (AvgIpc) is 2.76. The van der Waals surface area contributed by atoms with Crippen molar-refractivity contribution in [2.24, 2.45) is 0 Å². The molecule has 0 aromatic heterocycles. The Morgan fingerprint density at radius 3 is 2.94 bits per heavy atom. The van der Waals surface area contributed by atoms with Gasteiger partial charge in [-0.2, -0.15) is 0 Å². The van der Waals surface area contributed by atoms with E-state index < -0.39 is 0 Å². The van der Waals surface area contributed by atoms with E-state index in [2.05, 4.69) is 10.2 Å². The normalized spacial score (nSPS) is 18.8. The van der Waals surface area contributed by atoms with Gasteiger partial charge in [-0.1, -0.05) is 0 Å². The summed E-state index contributed by atoms with van der Waals surface area (Å²) >= 11 is 0. The molecule has 18 heavy (non-hydrogen) atoms. The number of hydrogen-bond acceptors (Lipinski definition) is 4. The standard InChI is InChI=1S/C13H19N3O2/c1-9(17)15-10-5-6-16(8-10)13-4-3-11(18-2)7-12(13)14/h3-4,7,10H,5-6,8,14H2,1-2H3,(H,15,17). The molecule has 1 aliphatic heterocycles. The smallest absolute Gasteiger partial charge is 0.217 e. The van der Waals surface area contributed by atoms with Crippen LogP contribution in [0.2, 0.25) is 0 Å². The number of nitrogens with one attached hydrogen (secondary N) is 1. The maximum absolute atomic E-state index is 11.0. The van der Waals surface area contributed by atoms with E-state index in [-0.39, 0.29) is 11.9 Å². The lowest BCUT2D eigenvalue weighted by molar-refractivity contribution is -0.119. The quantitative estimate of drug-likeness (QED) is 0.784. The Morgan fingerprint density at radius 2 is 2.33 bits per heavy atom. The minimum Gasteiger partial charge on any atom is -0.497 e. The van der Waals surface area contributed by atoms with Gasteiger partial charge >= 0.3 is 0 Å². The third kappa shape index (κ3) is 2.67. The first-order valence-electron chi connectivity index (χ1n) is 6.05. The van der Waals surface area contributed by atoms with Crippen LogP contribution in [-0.4, -0.2) is 32.1 Å². The minimum absolute atomic E-state index is 0.0181. The first kappa shape index (κ1) is 12.5. The van der Waals surface area contributed by atoms with Gasteiger partial charge in [0, 0.05) is 32.1 Å². The summed E-state index contributed by atoms with van der Waals surface area (Å²) in [7, 11) is 1.62. The van der Waals surface area contributed by atoms with E-state index in [0.717, 1.165) is 30.9 Å². The summed E-state index contributed by atoms with van der Waals surface area (Å²) in [5, 5.41) is 2.94. The van der Waals surface area contributed by atoms with Crippen molar-refractivity contribution in [1.29, 1.82) is 0 Å². The zero-order valence-electron chi connectivity index (χ0n) is 10.8. The van der Waals surface area contributed by atoms with E-state index in [1.807, 2.05) is 18.2 Å². The van der Waals surface area contributed by atoms with E-state index >= 15 is 0 Å². The molecule has 1 heterocycles. The molecule has 0 bridgehead atoms. The van der Waals surface area contributed by atoms with Crippen LogP contribution < -0.4 is 20.7 Å². The Balaban J connectivity index is 2.07. The second-order valence-corrected chi connectivity index (χ2v) is 4.56. The lowest BCUT2D eigenvalue weighted by Crippen LogP contribution is -2.35. The first-order valence-corrected chi connectivity index (χ1v) is 6.05. The number of carbonyl (C=O) groups is 1. The Labute approximate surface area is 107 Å². The number of rotatable bonds is 3. The van der Waals surface area contributed by atoms with Gasteiger partial charge in [0.05, 0.1) is 18.5 Å². The molecule has 3 N–H and O–H groups in total. The maximum atomic E-state index is 11.0. The van der Waals surface area contributed by atoms with Crippen LogP contribution in [0.25, 0.3) is 0 Å². The molecule has 1 unspecified atom stereocenters. The van der Waals surface area contributed by atoms with E-state index in [0.29, 0.717) is 5.69 Å². The molecule has 1 amide bonds. The van der Waals surface area contributed by atoms with Crippen molar-refractivity contribution in [2.45, 2.75) is 19.4 Å². The van der Waals surface area contributed by atoms with Crippen LogP contribution in [0, 0.1) is 0 Å². The van der Waals surface area contributed by atoms with Crippen molar-refractivity contribution in [2.75, 3.05) is 30.8 Å². The summed E-state index contributed by atoms with van der Waals surface area (Å²) in [6, 6.07) is 5.90. The Kier molecular flexibility index (Phi) is 3.60. The van der Waals surface area contributed by atoms with E-state index in [9.17, 15) is 4.79 Å². The number of ether oxygens (including phenoxy) is 1. The van der Waals surface area contributed by atoms with Crippen molar-refractivity contribution >= 4 is 17.3 Å². The molecule has 2 rings (SSSR count). The summed E-state index contributed by atoms with van der Waals surface area (Å²) < 4.78 is 5.13. The highest BCUT2D eigenvalue weighted by Gasteiger charge is 2.24. The zero-order chi connectivity index (χ0) is 13.1. The monoisotopic (exact) mass is 249 g/mol. The number of carbonyl (C=O) groups excluding carboxylic acids is 1. The van der Waals surface area contributed by atoms with Gasteiger partial charge in [0.15, 0.2) is 0 Å². The van der Waals surface area contributed by atoms with Crippen LogP contribution in [0.5, 0.6) is 5.75 Å². The SMILES string of the molecule is COc1ccc(N2CCC(NC(C)=O)C2)c(N)c1. The molecule has 1 aromatic rings. The van der Waals surface area contributed by atoms with Crippen LogP contribution in [0.1, 0.15) is 13.3 Å². The molecule has 1 atom stereocenters. The topological polar surface area (TPSA) is 67.6 Å². The maximum Gasteiger partial charge on any atom is 0.217 e. The molecule has 1 saturated heterocycles. The number of amides is 1. The minimum atomic E-state index is 0.0181. The van der Waals surface area contributed by atoms with Crippen molar-refractivity contribution in [3.05, 3.63) is 18.2 Å². The molecule has 0 spiro atoms. The van der Waals surface area contributed by atoms with Crippen LogP contribution in [-0.2, 0) is 4.79 Å². The molecule has 1 aliphatic rings. The molecule has 0 radical (unpaired) electrons. The third-order valence-corrected chi connectivity index (χ3v) is 3.17. The van der Waals surface area contributed by atoms with Crippen molar-refractivity contribution in [3.8, 4) is 5.75 Å². The highest BCUT2D eigenvalue weighted by Crippen LogP contribution is 2.30. The molecule has 1 aromatic carbocycles. The van der Waals surface area contributed by atoms with Gasteiger partial charge in [0.25, 0.3) is 0 Å². The van der Waals surface area contributed by atoms with Gasteiger partial charge in [-0.05, 0) is 18.6 Å². The molecule has 0 aliphatic carbocycles. The summed E-state index contributed by atoms with van der Waals surface area (Å²) in [4.78, 5) is 13.2. The first-order chi connectivity index (χ1) is 8.60. The van der Waals surface area contributed by atoms with Gasteiger partial charge < -0.3 is 20.7 Å². The van der Waals surface area contributed by atoms with E-state index in [1.54, 1.807) is 14.0 Å². The Morgan fingerprint density at radius 1 is 1.56 bits per heavy atom. The van der Waals surface area contributed by atoms with Crippen LogP contribution in [0.4, 0.5) is 11.4 Å². The fourth-order valence-electron chi connectivity index (χ4n) is 2.33. The fourth-order valence-corrected chi connectivity index (χ4v) is 2.33. The molecular weight excluding hydrogens is 230 g/mol. The van der Waals surface area contributed by atoms with Crippen LogP contribution in [0.3, 0.4) is 0 Å². The predicted octanol–water partition coefficient (Wildman–Crippen LogP) is 0.992. The molecule has 1 fully saturated rings.